The quantitative estimate of drug-likeness (QED) is 0.876. The lowest BCUT2D eigenvalue weighted by molar-refractivity contribution is 0.720. The van der Waals surface area contributed by atoms with Crippen LogP contribution in [0.5, 0.6) is 0 Å². The summed E-state index contributed by atoms with van der Waals surface area (Å²) in [5.41, 5.74) is 14.6. The van der Waals surface area contributed by atoms with Crippen molar-refractivity contribution < 1.29 is 0 Å². The van der Waals surface area contributed by atoms with Gasteiger partial charge in [-0.1, -0.05) is 23.7 Å². The van der Waals surface area contributed by atoms with Gasteiger partial charge in [0, 0.05) is 34.7 Å². The number of rotatable bonds is 3. The molecule has 0 bridgehead atoms. The molecular weight excluding hydrogens is 234 g/mol. The topological polar surface area (TPSA) is 64.9 Å². The monoisotopic (exact) mass is 247 g/mol. The summed E-state index contributed by atoms with van der Waals surface area (Å²) in [6.07, 6.45) is 4.06. The Kier molecular flexibility index (Phi) is 3.61. The maximum Gasteiger partial charge on any atom is 0.0408 e. The molecule has 2 rings (SSSR count). The summed E-state index contributed by atoms with van der Waals surface area (Å²) in [6, 6.07) is 9.26. The van der Waals surface area contributed by atoms with E-state index in [9.17, 15) is 0 Å². The molecule has 0 aliphatic carbocycles. The van der Waals surface area contributed by atoms with Crippen molar-refractivity contribution in [2.45, 2.75) is 12.5 Å². The lowest BCUT2D eigenvalue weighted by atomic mass is 10.00. The van der Waals surface area contributed by atoms with Crippen molar-refractivity contribution in [3.63, 3.8) is 0 Å². The normalized spacial score (nSPS) is 12.4. The predicted molar refractivity (Wildman–Crippen MR) is 70.7 cm³/mol. The van der Waals surface area contributed by atoms with Crippen molar-refractivity contribution in [3.05, 3.63) is 58.9 Å². The van der Waals surface area contributed by atoms with E-state index in [-0.39, 0.29) is 6.04 Å². The van der Waals surface area contributed by atoms with Crippen molar-refractivity contribution in [2.75, 3.05) is 5.73 Å². The van der Waals surface area contributed by atoms with Crippen LogP contribution in [0.2, 0.25) is 5.02 Å². The second kappa shape index (κ2) is 5.17. The average molecular weight is 248 g/mol. The molecule has 2 aromatic rings. The van der Waals surface area contributed by atoms with E-state index in [4.69, 9.17) is 23.1 Å². The highest BCUT2D eigenvalue weighted by Crippen LogP contribution is 2.21. The Balaban J connectivity index is 2.17. The summed E-state index contributed by atoms with van der Waals surface area (Å²) >= 11 is 5.93. The van der Waals surface area contributed by atoms with E-state index in [1.165, 1.54) is 0 Å². The van der Waals surface area contributed by atoms with Gasteiger partial charge in [0.1, 0.15) is 0 Å². The maximum absolute atomic E-state index is 6.11. The van der Waals surface area contributed by atoms with Gasteiger partial charge in [-0.3, -0.25) is 4.98 Å². The summed E-state index contributed by atoms with van der Waals surface area (Å²) in [6.45, 7) is 0. The van der Waals surface area contributed by atoms with E-state index in [0.29, 0.717) is 17.1 Å². The SMILES string of the molecule is Nc1ccncc1C(N)Cc1cccc(Cl)c1. The molecule has 1 heterocycles. The molecule has 0 spiro atoms. The van der Waals surface area contributed by atoms with Crippen LogP contribution in [-0.2, 0) is 6.42 Å². The van der Waals surface area contributed by atoms with Crippen molar-refractivity contribution >= 4 is 17.3 Å². The molecule has 1 aromatic carbocycles. The number of halogens is 1. The van der Waals surface area contributed by atoms with Gasteiger partial charge in [0.05, 0.1) is 0 Å². The molecule has 0 fully saturated rings. The minimum atomic E-state index is -0.165. The fourth-order valence-electron chi connectivity index (χ4n) is 1.76. The standard InChI is InChI=1S/C13H14ClN3/c14-10-3-1-2-9(6-10)7-13(16)11-8-17-5-4-12(11)15/h1-6,8,13H,7,16H2,(H2,15,17). The highest BCUT2D eigenvalue weighted by atomic mass is 35.5. The summed E-state index contributed by atoms with van der Waals surface area (Å²) in [5, 5.41) is 0.717. The summed E-state index contributed by atoms with van der Waals surface area (Å²) in [5.74, 6) is 0. The van der Waals surface area contributed by atoms with Crippen LogP contribution in [0, 0.1) is 0 Å². The van der Waals surface area contributed by atoms with Crippen molar-refractivity contribution in [1.82, 2.24) is 4.98 Å². The molecule has 0 saturated heterocycles. The lowest BCUT2D eigenvalue weighted by Gasteiger charge is -2.13. The number of pyridine rings is 1. The maximum atomic E-state index is 6.11. The Morgan fingerprint density at radius 2 is 2.12 bits per heavy atom. The Labute approximate surface area is 105 Å². The second-order valence-corrected chi connectivity index (χ2v) is 4.38. The van der Waals surface area contributed by atoms with E-state index in [0.717, 1.165) is 11.1 Å². The van der Waals surface area contributed by atoms with E-state index < -0.39 is 0 Å². The Morgan fingerprint density at radius 1 is 1.29 bits per heavy atom. The van der Waals surface area contributed by atoms with Gasteiger partial charge in [-0.15, -0.1) is 0 Å². The molecule has 1 unspecified atom stereocenters. The molecule has 17 heavy (non-hydrogen) atoms. The summed E-state index contributed by atoms with van der Waals surface area (Å²) in [7, 11) is 0. The molecule has 1 aromatic heterocycles. The first kappa shape index (κ1) is 11.9. The molecule has 0 radical (unpaired) electrons. The van der Waals surface area contributed by atoms with E-state index >= 15 is 0 Å². The zero-order valence-corrected chi connectivity index (χ0v) is 10.1. The Morgan fingerprint density at radius 3 is 2.82 bits per heavy atom. The minimum Gasteiger partial charge on any atom is -0.398 e. The number of nitrogens with zero attached hydrogens (tertiary/aromatic N) is 1. The molecule has 0 aliphatic rings. The van der Waals surface area contributed by atoms with Crippen LogP contribution in [0.1, 0.15) is 17.2 Å². The molecule has 3 nitrogen and oxygen atoms in total. The minimum absolute atomic E-state index is 0.165. The highest BCUT2D eigenvalue weighted by molar-refractivity contribution is 6.30. The molecule has 0 aliphatic heterocycles. The predicted octanol–water partition coefficient (Wildman–Crippen LogP) is 2.56. The first-order valence-electron chi connectivity index (χ1n) is 5.36. The van der Waals surface area contributed by atoms with E-state index in [1.54, 1.807) is 18.5 Å². The fraction of sp³-hybridized carbons (Fsp3) is 0.154. The van der Waals surface area contributed by atoms with Gasteiger partial charge in [-0.25, -0.2) is 0 Å². The molecule has 0 amide bonds. The van der Waals surface area contributed by atoms with Crippen LogP contribution >= 0.6 is 11.6 Å². The van der Waals surface area contributed by atoms with Crippen LogP contribution in [-0.4, -0.2) is 4.98 Å². The number of hydrogen-bond acceptors (Lipinski definition) is 3. The third kappa shape index (κ3) is 2.96. The Hall–Kier alpha value is -1.58. The number of benzene rings is 1. The van der Waals surface area contributed by atoms with Crippen molar-refractivity contribution in [2.24, 2.45) is 5.73 Å². The number of hydrogen-bond donors (Lipinski definition) is 2. The van der Waals surface area contributed by atoms with Gasteiger partial charge < -0.3 is 11.5 Å². The summed E-state index contributed by atoms with van der Waals surface area (Å²) in [4.78, 5) is 4.04. The number of nitrogens with two attached hydrogens (primary N) is 2. The van der Waals surface area contributed by atoms with Gasteiger partial charge in [-0.05, 0) is 30.2 Å². The molecule has 88 valence electrons. The molecule has 4 heteroatoms. The van der Waals surface area contributed by atoms with Crippen LogP contribution in [0.4, 0.5) is 5.69 Å². The van der Waals surface area contributed by atoms with Crippen molar-refractivity contribution in [1.29, 1.82) is 0 Å². The average Bonchev–Trinajstić information content (AvgIpc) is 2.29. The summed E-state index contributed by atoms with van der Waals surface area (Å²) < 4.78 is 0. The number of anilines is 1. The van der Waals surface area contributed by atoms with Crippen LogP contribution in [0.3, 0.4) is 0 Å². The zero-order chi connectivity index (χ0) is 12.3. The highest BCUT2D eigenvalue weighted by Gasteiger charge is 2.10. The molecular formula is C13H14ClN3. The zero-order valence-electron chi connectivity index (χ0n) is 9.31. The lowest BCUT2D eigenvalue weighted by Crippen LogP contribution is -2.15. The van der Waals surface area contributed by atoms with Crippen LogP contribution in [0.25, 0.3) is 0 Å². The fourth-order valence-corrected chi connectivity index (χ4v) is 1.97. The Bertz CT molecular complexity index is 514. The van der Waals surface area contributed by atoms with Gasteiger partial charge in [0.25, 0.3) is 0 Å². The van der Waals surface area contributed by atoms with Gasteiger partial charge >= 0.3 is 0 Å². The first-order valence-corrected chi connectivity index (χ1v) is 5.74. The van der Waals surface area contributed by atoms with Crippen LogP contribution in [0.15, 0.2) is 42.7 Å². The molecule has 0 saturated carbocycles. The third-order valence-corrected chi connectivity index (χ3v) is 2.87. The largest absolute Gasteiger partial charge is 0.398 e. The third-order valence-electron chi connectivity index (χ3n) is 2.63. The van der Waals surface area contributed by atoms with Gasteiger partial charge in [-0.2, -0.15) is 0 Å². The smallest absolute Gasteiger partial charge is 0.0408 e. The molecule has 1 atom stereocenters. The number of nitrogen functional groups attached to an aromatic ring is 1. The van der Waals surface area contributed by atoms with Crippen molar-refractivity contribution in [3.8, 4) is 0 Å². The second-order valence-electron chi connectivity index (χ2n) is 3.95. The van der Waals surface area contributed by atoms with E-state index in [1.807, 2.05) is 24.3 Å². The molecule has 4 N–H and O–H groups in total. The van der Waals surface area contributed by atoms with Crippen LogP contribution < -0.4 is 11.5 Å². The first-order chi connectivity index (χ1) is 8.16. The van der Waals surface area contributed by atoms with Gasteiger partial charge in [0.15, 0.2) is 0 Å². The van der Waals surface area contributed by atoms with E-state index in [2.05, 4.69) is 4.98 Å². The number of aromatic nitrogens is 1. The van der Waals surface area contributed by atoms with Gasteiger partial charge in [0.2, 0.25) is 0 Å².